The van der Waals surface area contributed by atoms with E-state index in [9.17, 15) is 9.90 Å². The van der Waals surface area contributed by atoms with Crippen molar-refractivity contribution < 1.29 is 9.90 Å². The van der Waals surface area contributed by atoms with Crippen LogP contribution < -0.4 is 0 Å². The zero-order valence-corrected chi connectivity index (χ0v) is 7.99. The van der Waals surface area contributed by atoms with Crippen molar-refractivity contribution >= 4 is 17.6 Å². The van der Waals surface area contributed by atoms with Crippen LogP contribution in [0, 0.1) is 0 Å². The van der Waals surface area contributed by atoms with E-state index >= 15 is 0 Å². The molecule has 0 spiro atoms. The van der Waals surface area contributed by atoms with Gasteiger partial charge in [0.15, 0.2) is 11.3 Å². The number of benzene rings is 1. The zero-order valence-electron chi connectivity index (χ0n) is 7.18. The molecule has 2 aromatic rings. The molecule has 1 heterocycles. The highest BCUT2D eigenvalue weighted by molar-refractivity contribution is 7.11. The van der Waals surface area contributed by atoms with Gasteiger partial charge in [0, 0.05) is 10.9 Å². The Balaban J connectivity index is 2.49. The second-order valence-electron chi connectivity index (χ2n) is 2.71. The number of carbonyl (C=O) groups excluding carboxylic acids is 1. The van der Waals surface area contributed by atoms with Gasteiger partial charge in [-0.2, -0.15) is 0 Å². The first-order valence-electron chi connectivity index (χ1n) is 4.00. The molecule has 14 heavy (non-hydrogen) atoms. The summed E-state index contributed by atoms with van der Waals surface area (Å²) in [6.07, 6.45) is 0.703. The molecule has 1 aromatic carbocycles. The maximum Gasteiger partial charge on any atom is 0.178 e. The minimum Gasteiger partial charge on any atom is -0.507 e. The molecule has 0 fully saturated rings. The highest BCUT2D eigenvalue weighted by atomic mass is 32.1. The Hall–Kier alpha value is -1.68. The summed E-state index contributed by atoms with van der Waals surface area (Å²) < 4.78 is 0. The fraction of sp³-hybridized carbons (Fsp3) is 0. The molecule has 1 aromatic heterocycles. The molecule has 0 aliphatic heterocycles. The van der Waals surface area contributed by atoms with Gasteiger partial charge in [-0.3, -0.25) is 4.79 Å². The van der Waals surface area contributed by atoms with Crippen molar-refractivity contribution in [2.45, 2.75) is 0 Å². The van der Waals surface area contributed by atoms with Gasteiger partial charge < -0.3 is 5.11 Å². The van der Waals surface area contributed by atoms with Crippen molar-refractivity contribution in [3.8, 4) is 17.0 Å². The maximum atomic E-state index is 10.4. The van der Waals surface area contributed by atoms with Crippen LogP contribution in [0.2, 0.25) is 0 Å². The number of carbonyl (C=O) groups is 1. The summed E-state index contributed by atoms with van der Waals surface area (Å²) in [5.41, 5.74) is 1.28. The van der Waals surface area contributed by atoms with Crippen LogP contribution in [0.15, 0.2) is 29.6 Å². The third-order valence-electron chi connectivity index (χ3n) is 1.80. The van der Waals surface area contributed by atoms with Crippen LogP contribution in [0.1, 0.15) is 9.80 Å². The van der Waals surface area contributed by atoms with Gasteiger partial charge in [0.2, 0.25) is 0 Å². The summed E-state index contributed by atoms with van der Waals surface area (Å²) in [4.78, 5) is 14.5. The van der Waals surface area contributed by atoms with Crippen molar-refractivity contribution in [1.29, 1.82) is 0 Å². The molecule has 70 valence electrons. The zero-order chi connectivity index (χ0) is 9.97. The number of hydrogen-bond acceptors (Lipinski definition) is 4. The summed E-state index contributed by atoms with van der Waals surface area (Å²) in [7, 11) is 0. The molecule has 3 nitrogen and oxygen atoms in total. The number of hydrogen-bond donors (Lipinski definition) is 1. The number of aromatic hydroxyl groups is 1. The van der Waals surface area contributed by atoms with Gasteiger partial charge in [-0.05, 0) is 12.1 Å². The van der Waals surface area contributed by atoms with Gasteiger partial charge in [0.05, 0.1) is 5.69 Å². The number of aldehydes is 1. The Bertz CT molecular complexity index is 465. The lowest BCUT2D eigenvalue weighted by Gasteiger charge is -1.98. The van der Waals surface area contributed by atoms with Crippen molar-refractivity contribution in [3.63, 3.8) is 0 Å². The van der Waals surface area contributed by atoms with E-state index in [4.69, 9.17) is 0 Å². The third-order valence-corrected chi connectivity index (χ3v) is 2.57. The Morgan fingerprint density at radius 1 is 1.36 bits per heavy atom. The molecule has 0 saturated heterocycles. The van der Waals surface area contributed by atoms with E-state index in [1.807, 2.05) is 6.07 Å². The second kappa shape index (κ2) is 3.59. The Kier molecular flexibility index (Phi) is 2.28. The lowest BCUT2D eigenvalue weighted by molar-refractivity contribution is 0.112. The lowest BCUT2D eigenvalue weighted by atomic mass is 10.1. The summed E-state index contributed by atoms with van der Waals surface area (Å²) in [6, 6.07) is 6.91. The quantitative estimate of drug-likeness (QED) is 0.765. The van der Waals surface area contributed by atoms with Crippen LogP contribution in [-0.2, 0) is 0 Å². The standard InChI is InChI=1S/C10H7NO2S/c12-5-10-11-8(6-14-10)7-3-1-2-4-9(7)13/h1-6,13H. The monoisotopic (exact) mass is 205 g/mol. The molecule has 0 bridgehead atoms. The van der Waals surface area contributed by atoms with E-state index in [-0.39, 0.29) is 5.75 Å². The van der Waals surface area contributed by atoms with Crippen molar-refractivity contribution in [1.82, 2.24) is 4.98 Å². The number of rotatable bonds is 2. The first-order chi connectivity index (χ1) is 6.81. The van der Waals surface area contributed by atoms with Gasteiger partial charge in [-0.15, -0.1) is 11.3 Å². The summed E-state index contributed by atoms with van der Waals surface area (Å²) >= 11 is 1.26. The molecule has 1 N–H and O–H groups in total. The number of nitrogens with zero attached hydrogens (tertiary/aromatic N) is 1. The van der Waals surface area contributed by atoms with Crippen LogP contribution in [0.4, 0.5) is 0 Å². The van der Waals surface area contributed by atoms with E-state index in [1.165, 1.54) is 11.3 Å². The molecule has 0 radical (unpaired) electrons. The van der Waals surface area contributed by atoms with Crippen LogP contribution >= 0.6 is 11.3 Å². The van der Waals surface area contributed by atoms with E-state index in [0.717, 1.165) is 0 Å². The SMILES string of the molecule is O=Cc1nc(-c2ccccc2O)cs1. The van der Waals surface area contributed by atoms with Crippen LogP contribution in [0.25, 0.3) is 11.3 Å². The van der Waals surface area contributed by atoms with E-state index in [2.05, 4.69) is 4.98 Å². The van der Waals surface area contributed by atoms with Crippen molar-refractivity contribution in [3.05, 3.63) is 34.7 Å². The van der Waals surface area contributed by atoms with Crippen LogP contribution in [0.5, 0.6) is 5.75 Å². The molecule has 0 saturated carbocycles. The average molecular weight is 205 g/mol. The summed E-state index contributed by atoms with van der Waals surface area (Å²) in [5.74, 6) is 0.176. The van der Waals surface area contributed by atoms with Crippen molar-refractivity contribution in [2.75, 3.05) is 0 Å². The van der Waals surface area contributed by atoms with Gasteiger partial charge in [-0.25, -0.2) is 4.98 Å². The maximum absolute atomic E-state index is 10.4. The van der Waals surface area contributed by atoms with Crippen LogP contribution in [0.3, 0.4) is 0 Å². The fourth-order valence-electron chi connectivity index (χ4n) is 1.16. The van der Waals surface area contributed by atoms with Gasteiger partial charge in [0.1, 0.15) is 5.75 Å². The van der Waals surface area contributed by atoms with E-state index in [1.54, 1.807) is 23.6 Å². The minimum absolute atomic E-state index is 0.176. The summed E-state index contributed by atoms with van der Waals surface area (Å²) in [5, 5.41) is 11.7. The molecule has 4 heteroatoms. The smallest absolute Gasteiger partial charge is 0.178 e. The molecule has 0 atom stereocenters. The lowest BCUT2D eigenvalue weighted by Crippen LogP contribution is -1.80. The first kappa shape index (κ1) is 8.90. The third kappa shape index (κ3) is 1.52. The number of phenols is 1. The average Bonchev–Trinajstić information content (AvgIpc) is 2.67. The first-order valence-corrected chi connectivity index (χ1v) is 4.88. The van der Waals surface area contributed by atoms with E-state index < -0.39 is 0 Å². The van der Waals surface area contributed by atoms with E-state index in [0.29, 0.717) is 22.6 Å². The van der Waals surface area contributed by atoms with Crippen LogP contribution in [-0.4, -0.2) is 16.4 Å². The molecule has 0 amide bonds. The summed E-state index contributed by atoms with van der Waals surface area (Å²) in [6.45, 7) is 0. The second-order valence-corrected chi connectivity index (χ2v) is 3.60. The highest BCUT2D eigenvalue weighted by Gasteiger charge is 2.06. The topological polar surface area (TPSA) is 50.2 Å². The number of para-hydroxylation sites is 1. The van der Waals surface area contributed by atoms with Crippen molar-refractivity contribution in [2.24, 2.45) is 0 Å². The Morgan fingerprint density at radius 2 is 2.14 bits per heavy atom. The molecular formula is C10H7NO2S. The Labute approximate surface area is 84.7 Å². The van der Waals surface area contributed by atoms with Gasteiger partial charge >= 0.3 is 0 Å². The Morgan fingerprint density at radius 3 is 2.79 bits per heavy atom. The van der Waals surface area contributed by atoms with Gasteiger partial charge in [0.25, 0.3) is 0 Å². The number of aromatic nitrogens is 1. The predicted octanol–water partition coefficient (Wildman–Crippen LogP) is 2.33. The largest absolute Gasteiger partial charge is 0.507 e. The number of thiazole rings is 1. The molecule has 2 rings (SSSR count). The minimum atomic E-state index is 0.176. The molecule has 0 aliphatic carbocycles. The molecular weight excluding hydrogens is 198 g/mol. The molecule has 0 unspecified atom stereocenters. The highest BCUT2D eigenvalue weighted by Crippen LogP contribution is 2.28. The normalized spacial score (nSPS) is 10.0. The predicted molar refractivity (Wildman–Crippen MR) is 54.6 cm³/mol. The van der Waals surface area contributed by atoms with Gasteiger partial charge in [-0.1, -0.05) is 12.1 Å². The fourth-order valence-corrected chi connectivity index (χ4v) is 1.77. The molecule has 0 aliphatic rings. The number of phenolic OH excluding ortho intramolecular Hbond substituents is 1.